The number of thioether (sulfide) groups is 1. The van der Waals surface area contributed by atoms with Crippen LogP contribution < -0.4 is 4.74 Å². The molecule has 0 atom stereocenters. The summed E-state index contributed by atoms with van der Waals surface area (Å²) >= 11 is 1.65. The number of methoxy groups -OCH3 is 1. The van der Waals surface area contributed by atoms with E-state index < -0.39 is 0 Å². The molecule has 6 heteroatoms. The number of ether oxygens (including phenoxy) is 1. The number of hydrogen-bond acceptors (Lipinski definition) is 4. The van der Waals surface area contributed by atoms with Gasteiger partial charge in [0.25, 0.3) is 0 Å². The number of nitrogens with one attached hydrogen (secondary N) is 1. The van der Waals surface area contributed by atoms with Gasteiger partial charge in [-0.05, 0) is 42.0 Å². The van der Waals surface area contributed by atoms with E-state index >= 15 is 0 Å². The summed E-state index contributed by atoms with van der Waals surface area (Å²) in [7, 11) is 1.68. The Labute approximate surface area is 172 Å². The van der Waals surface area contributed by atoms with Crippen molar-refractivity contribution in [3.63, 3.8) is 0 Å². The standard InChI is InChI=1S/C23H20N4OS/c1-15-21(24-10-9-22(15)28-2)14-29-23-25-19-8-7-18(11-20(19)26-23)27-12-16-5-3-4-6-17(16)13-27/h3-13H,14H2,1-2H3,(H,25,26). The van der Waals surface area contributed by atoms with Crippen molar-refractivity contribution >= 4 is 33.6 Å². The quantitative estimate of drug-likeness (QED) is 0.395. The third-order valence-electron chi connectivity index (χ3n) is 5.12. The van der Waals surface area contributed by atoms with E-state index in [4.69, 9.17) is 9.72 Å². The van der Waals surface area contributed by atoms with Gasteiger partial charge in [-0.2, -0.15) is 0 Å². The van der Waals surface area contributed by atoms with E-state index in [1.807, 2.05) is 13.0 Å². The minimum absolute atomic E-state index is 0.735. The second-order valence-electron chi connectivity index (χ2n) is 6.91. The third kappa shape index (κ3) is 3.36. The van der Waals surface area contributed by atoms with E-state index in [-0.39, 0.29) is 0 Å². The maximum absolute atomic E-state index is 5.39. The van der Waals surface area contributed by atoms with Crippen LogP contribution in [0.2, 0.25) is 0 Å². The van der Waals surface area contributed by atoms with Crippen LogP contribution in [0.15, 0.2) is 72.3 Å². The molecule has 3 aromatic heterocycles. The highest BCUT2D eigenvalue weighted by molar-refractivity contribution is 7.98. The zero-order chi connectivity index (χ0) is 19.8. The van der Waals surface area contributed by atoms with Crippen LogP contribution in [0.25, 0.3) is 27.5 Å². The molecule has 2 aromatic carbocycles. The van der Waals surface area contributed by atoms with Gasteiger partial charge in [0.15, 0.2) is 5.16 Å². The largest absolute Gasteiger partial charge is 0.496 e. The first-order chi connectivity index (χ1) is 14.2. The van der Waals surface area contributed by atoms with Gasteiger partial charge in [0.1, 0.15) is 5.75 Å². The summed E-state index contributed by atoms with van der Waals surface area (Å²) in [6, 6.07) is 16.6. The van der Waals surface area contributed by atoms with Crippen LogP contribution in [0, 0.1) is 6.92 Å². The lowest BCUT2D eigenvalue weighted by Gasteiger charge is -2.08. The van der Waals surface area contributed by atoms with Gasteiger partial charge in [-0.25, -0.2) is 4.98 Å². The number of fused-ring (bicyclic) bond motifs is 2. The maximum atomic E-state index is 5.39. The SMILES string of the molecule is COc1ccnc(CSc2nc3ccc(-n4cc5ccccc5c4)cc3[nH]2)c1C. The number of hydrogen-bond donors (Lipinski definition) is 1. The summed E-state index contributed by atoms with van der Waals surface area (Å²) in [5, 5.41) is 3.35. The molecule has 0 saturated heterocycles. The molecule has 0 amide bonds. The fraction of sp³-hybridized carbons (Fsp3) is 0.130. The molecule has 0 aliphatic heterocycles. The van der Waals surface area contributed by atoms with Crippen molar-refractivity contribution in [2.75, 3.05) is 7.11 Å². The normalized spacial score (nSPS) is 11.4. The molecule has 0 saturated carbocycles. The summed E-state index contributed by atoms with van der Waals surface area (Å²) in [4.78, 5) is 12.6. The number of rotatable bonds is 5. The molecule has 0 bridgehead atoms. The van der Waals surface area contributed by atoms with Gasteiger partial charge in [0.05, 0.1) is 23.8 Å². The molecule has 3 heterocycles. The van der Waals surface area contributed by atoms with Gasteiger partial charge in [0, 0.05) is 35.6 Å². The Morgan fingerprint density at radius 1 is 1.07 bits per heavy atom. The van der Waals surface area contributed by atoms with Gasteiger partial charge < -0.3 is 14.3 Å². The first-order valence-corrected chi connectivity index (χ1v) is 10.4. The fourth-order valence-corrected chi connectivity index (χ4v) is 4.41. The summed E-state index contributed by atoms with van der Waals surface area (Å²) in [6.07, 6.45) is 6.09. The van der Waals surface area contributed by atoms with Crippen molar-refractivity contribution < 1.29 is 4.74 Å². The van der Waals surface area contributed by atoms with Crippen molar-refractivity contribution in [3.8, 4) is 11.4 Å². The Kier molecular flexibility index (Phi) is 4.48. The van der Waals surface area contributed by atoms with Gasteiger partial charge in [-0.3, -0.25) is 4.98 Å². The number of imidazole rings is 1. The van der Waals surface area contributed by atoms with Crippen LogP contribution in [-0.2, 0) is 5.75 Å². The average molecular weight is 401 g/mol. The molecule has 0 spiro atoms. The summed E-state index contributed by atoms with van der Waals surface area (Å²) in [6.45, 7) is 2.04. The van der Waals surface area contributed by atoms with Crippen molar-refractivity contribution in [2.45, 2.75) is 17.8 Å². The monoisotopic (exact) mass is 400 g/mol. The van der Waals surface area contributed by atoms with Crippen LogP contribution in [0.4, 0.5) is 0 Å². The van der Waals surface area contributed by atoms with E-state index in [0.29, 0.717) is 0 Å². The van der Waals surface area contributed by atoms with Crippen LogP contribution in [0.5, 0.6) is 5.75 Å². The molecule has 1 N–H and O–H groups in total. The van der Waals surface area contributed by atoms with Gasteiger partial charge in [-0.1, -0.05) is 36.0 Å². The minimum atomic E-state index is 0.735. The van der Waals surface area contributed by atoms with Crippen LogP contribution in [0.1, 0.15) is 11.3 Å². The molecule has 0 unspecified atom stereocenters. The number of H-pyrrole nitrogens is 1. The zero-order valence-corrected chi connectivity index (χ0v) is 17.0. The summed E-state index contributed by atoms with van der Waals surface area (Å²) in [5.41, 5.74) is 5.18. The molecule has 5 rings (SSSR count). The van der Waals surface area contributed by atoms with E-state index in [2.05, 4.69) is 69.4 Å². The van der Waals surface area contributed by atoms with Gasteiger partial charge in [-0.15, -0.1) is 0 Å². The number of benzene rings is 2. The number of nitrogens with zero attached hydrogens (tertiary/aromatic N) is 3. The van der Waals surface area contributed by atoms with Crippen LogP contribution in [-0.4, -0.2) is 26.6 Å². The van der Waals surface area contributed by atoms with Crippen LogP contribution >= 0.6 is 11.8 Å². The highest BCUT2D eigenvalue weighted by Gasteiger charge is 2.10. The molecule has 0 aliphatic rings. The van der Waals surface area contributed by atoms with E-state index in [9.17, 15) is 0 Å². The molecular weight excluding hydrogens is 380 g/mol. The van der Waals surface area contributed by atoms with Crippen LogP contribution in [0.3, 0.4) is 0 Å². The third-order valence-corrected chi connectivity index (χ3v) is 6.00. The van der Waals surface area contributed by atoms with Crippen molar-refractivity contribution in [3.05, 3.63) is 78.4 Å². The molecular formula is C23H20N4OS. The lowest BCUT2D eigenvalue weighted by atomic mass is 10.2. The topological polar surface area (TPSA) is 55.7 Å². The predicted molar refractivity (Wildman–Crippen MR) is 118 cm³/mol. The van der Waals surface area contributed by atoms with Crippen molar-refractivity contribution in [2.24, 2.45) is 0 Å². The Morgan fingerprint density at radius 2 is 1.86 bits per heavy atom. The molecule has 0 aliphatic carbocycles. The van der Waals surface area contributed by atoms with Gasteiger partial charge >= 0.3 is 0 Å². The van der Waals surface area contributed by atoms with E-state index in [1.54, 1.807) is 25.1 Å². The van der Waals surface area contributed by atoms with Gasteiger partial charge in [0.2, 0.25) is 0 Å². The first kappa shape index (κ1) is 17.8. The lowest BCUT2D eigenvalue weighted by molar-refractivity contribution is 0.410. The molecule has 0 fully saturated rings. The van der Waals surface area contributed by atoms with Crippen molar-refractivity contribution in [1.29, 1.82) is 0 Å². The lowest BCUT2D eigenvalue weighted by Crippen LogP contribution is -1.95. The molecule has 5 aromatic rings. The number of pyridine rings is 1. The molecule has 0 radical (unpaired) electrons. The second-order valence-corrected chi connectivity index (χ2v) is 7.88. The van der Waals surface area contributed by atoms with E-state index in [1.165, 1.54) is 10.8 Å². The fourth-order valence-electron chi connectivity index (χ4n) is 3.50. The number of aromatic amines is 1. The first-order valence-electron chi connectivity index (χ1n) is 9.39. The highest BCUT2D eigenvalue weighted by atomic mass is 32.2. The molecule has 144 valence electrons. The Bertz CT molecular complexity index is 1290. The summed E-state index contributed by atoms with van der Waals surface area (Å²) in [5.74, 6) is 1.60. The smallest absolute Gasteiger partial charge is 0.166 e. The minimum Gasteiger partial charge on any atom is -0.496 e. The highest BCUT2D eigenvalue weighted by Crippen LogP contribution is 2.28. The Hall–Kier alpha value is -3.25. The number of aromatic nitrogens is 4. The Morgan fingerprint density at radius 3 is 2.62 bits per heavy atom. The molecule has 29 heavy (non-hydrogen) atoms. The van der Waals surface area contributed by atoms with Crippen molar-refractivity contribution in [1.82, 2.24) is 19.5 Å². The van der Waals surface area contributed by atoms with E-state index in [0.717, 1.165) is 44.6 Å². The second kappa shape index (κ2) is 7.29. The maximum Gasteiger partial charge on any atom is 0.166 e. The average Bonchev–Trinajstić information content (AvgIpc) is 3.36. The predicted octanol–water partition coefficient (Wildman–Crippen LogP) is 5.51. The zero-order valence-electron chi connectivity index (χ0n) is 16.2. The molecule has 5 nitrogen and oxygen atoms in total. The Balaban J connectivity index is 1.41. The summed E-state index contributed by atoms with van der Waals surface area (Å²) < 4.78 is 7.54.